The van der Waals surface area contributed by atoms with E-state index in [1.165, 1.54) is 12.1 Å². The van der Waals surface area contributed by atoms with E-state index in [9.17, 15) is 0 Å². The van der Waals surface area contributed by atoms with Crippen LogP contribution in [0, 0.1) is 5.92 Å². The van der Waals surface area contributed by atoms with Gasteiger partial charge in [0, 0.05) is 30.8 Å². The molecule has 1 unspecified atom stereocenters. The number of guanidine groups is 1. The standard InChI is InChI=1S/C10H21N5S/c1-5-9-7-12-15(8-9)10(11-6-2)13-16-14(3)4/h7,9H,5-6,8H2,1-4H3,(H,11,13). The zero-order valence-electron chi connectivity index (χ0n) is 10.5. The topological polar surface area (TPSA) is 43.2 Å². The van der Waals surface area contributed by atoms with Crippen molar-refractivity contribution in [2.75, 3.05) is 27.2 Å². The summed E-state index contributed by atoms with van der Waals surface area (Å²) in [7, 11) is 3.98. The zero-order valence-corrected chi connectivity index (χ0v) is 11.3. The number of hydrogen-bond acceptors (Lipinski definition) is 4. The molecule has 0 aromatic carbocycles. The van der Waals surface area contributed by atoms with E-state index in [0.717, 1.165) is 25.5 Å². The van der Waals surface area contributed by atoms with Crippen molar-refractivity contribution in [2.24, 2.45) is 16.0 Å². The Balaban J connectivity index is 2.52. The SMILES string of the molecule is CCN=C(NSN(C)C)N1CC(CC)C=N1. The van der Waals surface area contributed by atoms with Crippen molar-refractivity contribution in [3.63, 3.8) is 0 Å². The molecule has 0 aromatic heterocycles. The molecule has 0 bridgehead atoms. The van der Waals surface area contributed by atoms with E-state index in [0.29, 0.717) is 5.92 Å². The summed E-state index contributed by atoms with van der Waals surface area (Å²) in [6.45, 7) is 5.90. The summed E-state index contributed by atoms with van der Waals surface area (Å²) in [4.78, 5) is 4.42. The third-order valence-electron chi connectivity index (χ3n) is 2.22. The molecular weight excluding hydrogens is 222 g/mol. The Morgan fingerprint density at radius 1 is 1.62 bits per heavy atom. The van der Waals surface area contributed by atoms with Gasteiger partial charge in [-0.3, -0.25) is 9.71 Å². The van der Waals surface area contributed by atoms with Crippen molar-refractivity contribution in [1.29, 1.82) is 0 Å². The van der Waals surface area contributed by atoms with Crippen LogP contribution in [-0.4, -0.2) is 48.7 Å². The first kappa shape index (κ1) is 13.3. The molecule has 0 saturated heterocycles. The number of hydrogen-bond donors (Lipinski definition) is 1. The Kier molecular flexibility index (Phi) is 5.62. The molecule has 1 aliphatic heterocycles. The largest absolute Gasteiger partial charge is 0.286 e. The monoisotopic (exact) mass is 243 g/mol. The summed E-state index contributed by atoms with van der Waals surface area (Å²) in [5, 5.41) is 6.31. The molecule has 0 aliphatic carbocycles. The first-order valence-corrected chi connectivity index (χ1v) is 6.41. The smallest absolute Gasteiger partial charge is 0.225 e. The summed E-state index contributed by atoms with van der Waals surface area (Å²) in [6, 6.07) is 0. The lowest BCUT2D eigenvalue weighted by Gasteiger charge is -2.19. The minimum absolute atomic E-state index is 0.549. The Bertz CT molecular complexity index is 264. The molecule has 6 heteroatoms. The van der Waals surface area contributed by atoms with Gasteiger partial charge in [-0.1, -0.05) is 6.92 Å². The molecule has 0 aromatic rings. The van der Waals surface area contributed by atoms with Crippen LogP contribution in [-0.2, 0) is 0 Å². The van der Waals surface area contributed by atoms with Crippen LogP contribution in [0.25, 0.3) is 0 Å². The highest BCUT2D eigenvalue weighted by atomic mass is 32.2. The van der Waals surface area contributed by atoms with Gasteiger partial charge in [-0.2, -0.15) is 5.10 Å². The minimum Gasteiger partial charge on any atom is -0.286 e. The molecule has 0 fully saturated rings. The van der Waals surface area contributed by atoms with E-state index in [2.05, 4.69) is 21.7 Å². The van der Waals surface area contributed by atoms with Crippen molar-refractivity contribution < 1.29 is 0 Å². The van der Waals surface area contributed by atoms with Gasteiger partial charge in [0.15, 0.2) is 0 Å². The highest BCUT2D eigenvalue weighted by molar-refractivity contribution is 7.95. The van der Waals surface area contributed by atoms with Crippen molar-refractivity contribution in [3.8, 4) is 0 Å². The number of aliphatic imine (C=N–C) groups is 1. The second kappa shape index (κ2) is 6.75. The maximum atomic E-state index is 4.42. The molecule has 16 heavy (non-hydrogen) atoms. The molecule has 1 heterocycles. The lowest BCUT2D eigenvalue weighted by atomic mass is 10.1. The van der Waals surface area contributed by atoms with E-state index in [1.807, 2.05) is 36.5 Å². The lowest BCUT2D eigenvalue weighted by molar-refractivity contribution is 0.431. The van der Waals surface area contributed by atoms with Crippen LogP contribution in [0.15, 0.2) is 10.1 Å². The summed E-state index contributed by atoms with van der Waals surface area (Å²) >= 11 is 1.51. The van der Waals surface area contributed by atoms with Crippen molar-refractivity contribution in [1.82, 2.24) is 14.0 Å². The number of hydrazone groups is 1. The maximum Gasteiger partial charge on any atom is 0.225 e. The van der Waals surface area contributed by atoms with Crippen molar-refractivity contribution >= 4 is 24.3 Å². The first-order chi connectivity index (χ1) is 7.67. The normalized spacial score (nSPS) is 20.9. The maximum absolute atomic E-state index is 4.42. The van der Waals surface area contributed by atoms with Crippen LogP contribution in [0.2, 0.25) is 0 Å². The van der Waals surface area contributed by atoms with Gasteiger partial charge in [0.25, 0.3) is 0 Å². The average Bonchev–Trinajstić information content (AvgIpc) is 2.72. The Morgan fingerprint density at radius 3 is 2.88 bits per heavy atom. The van der Waals surface area contributed by atoms with E-state index in [4.69, 9.17) is 0 Å². The van der Waals surface area contributed by atoms with Gasteiger partial charge in [-0.05, 0) is 27.4 Å². The zero-order chi connectivity index (χ0) is 12.0. The number of nitrogens with zero attached hydrogens (tertiary/aromatic N) is 4. The molecule has 0 radical (unpaired) electrons. The predicted molar refractivity (Wildman–Crippen MR) is 71.4 cm³/mol. The second-order valence-electron chi connectivity index (χ2n) is 3.82. The summed E-state index contributed by atoms with van der Waals surface area (Å²) in [5.74, 6) is 1.39. The quantitative estimate of drug-likeness (QED) is 0.460. The fraction of sp³-hybridized carbons (Fsp3) is 0.800. The van der Waals surface area contributed by atoms with Gasteiger partial charge >= 0.3 is 0 Å². The fourth-order valence-electron chi connectivity index (χ4n) is 1.32. The van der Waals surface area contributed by atoms with Gasteiger partial charge in [-0.15, -0.1) is 0 Å². The molecule has 5 nitrogen and oxygen atoms in total. The van der Waals surface area contributed by atoms with Crippen molar-refractivity contribution in [3.05, 3.63) is 0 Å². The predicted octanol–water partition coefficient (Wildman–Crippen LogP) is 1.40. The third-order valence-corrected chi connectivity index (χ3v) is 2.86. The van der Waals surface area contributed by atoms with Gasteiger partial charge in [0.1, 0.15) is 0 Å². The fourth-order valence-corrected chi connectivity index (χ4v) is 1.75. The Labute approximate surface area is 102 Å². The highest BCUT2D eigenvalue weighted by Gasteiger charge is 2.20. The van der Waals surface area contributed by atoms with Crippen LogP contribution in [0.1, 0.15) is 20.3 Å². The van der Waals surface area contributed by atoms with Crippen LogP contribution in [0.3, 0.4) is 0 Å². The third kappa shape index (κ3) is 4.02. The average molecular weight is 243 g/mol. The summed E-state index contributed by atoms with van der Waals surface area (Å²) < 4.78 is 5.20. The van der Waals surface area contributed by atoms with Crippen LogP contribution in [0.5, 0.6) is 0 Å². The van der Waals surface area contributed by atoms with Gasteiger partial charge in [-0.25, -0.2) is 9.31 Å². The van der Waals surface area contributed by atoms with E-state index < -0.39 is 0 Å². The van der Waals surface area contributed by atoms with E-state index in [1.54, 1.807) is 0 Å². The van der Waals surface area contributed by atoms with Crippen LogP contribution >= 0.6 is 12.1 Å². The minimum atomic E-state index is 0.549. The molecule has 1 rings (SSSR count). The van der Waals surface area contributed by atoms with E-state index in [-0.39, 0.29) is 0 Å². The van der Waals surface area contributed by atoms with Gasteiger partial charge in [0.2, 0.25) is 5.96 Å². The molecule has 92 valence electrons. The number of nitrogens with one attached hydrogen (secondary N) is 1. The first-order valence-electron chi connectivity index (χ1n) is 5.63. The number of rotatable bonds is 4. The van der Waals surface area contributed by atoms with Gasteiger partial charge in [0.05, 0.1) is 6.54 Å². The molecule has 1 aliphatic rings. The second-order valence-corrected chi connectivity index (χ2v) is 4.94. The van der Waals surface area contributed by atoms with Crippen LogP contribution < -0.4 is 4.72 Å². The lowest BCUT2D eigenvalue weighted by Crippen LogP contribution is -2.36. The van der Waals surface area contributed by atoms with Crippen LogP contribution in [0.4, 0.5) is 0 Å². The Morgan fingerprint density at radius 2 is 2.38 bits per heavy atom. The molecule has 1 atom stereocenters. The highest BCUT2D eigenvalue weighted by Crippen LogP contribution is 2.12. The van der Waals surface area contributed by atoms with Crippen molar-refractivity contribution in [2.45, 2.75) is 20.3 Å². The summed E-state index contributed by atoms with van der Waals surface area (Å²) in [5.41, 5.74) is 0. The van der Waals surface area contributed by atoms with Gasteiger partial charge < -0.3 is 0 Å². The van der Waals surface area contributed by atoms with E-state index >= 15 is 0 Å². The molecular formula is C10H21N5S. The molecule has 0 amide bonds. The molecule has 0 saturated carbocycles. The summed E-state index contributed by atoms with van der Waals surface area (Å²) in [6.07, 6.45) is 3.13. The Hall–Kier alpha value is -0.750. The molecule has 0 spiro atoms. The molecule has 1 N–H and O–H groups in total.